The van der Waals surface area contributed by atoms with E-state index in [9.17, 15) is 9.59 Å². The van der Waals surface area contributed by atoms with Crippen molar-refractivity contribution >= 4 is 17.4 Å². The largest absolute Gasteiger partial charge is 0.495 e. The number of carbonyl (C=O) groups is 1. The molecule has 0 unspecified atom stereocenters. The van der Waals surface area contributed by atoms with Crippen LogP contribution < -0.4 is 15.6 Å². The lowest BCUT2D eigenvalue weighted by atomic mass is 10.1. The van der Waals surface area contributed by atoms with Crippen LogP contribution in [-0.2, 0) is 17.8 Å². The highest BCUT2D eigenvalue weighted by atomic mass is 16.5. The molecular formula is C24H25N5O3. The predicted octanol–water partition coefficient (Wildman–Crippen LogP) is 3.47. The van der Waals surface area contributed by atoms with Gasteiger partial charge in [-0.05, 0) is 32.4 Å². The maximum absolute atomic E-state index is 13.2. The normalized spacial score (nSPS) is 11.0. The summed E-state index contributed by atoms with van der Waals surface area (Å²) in [7, 11) is 1.55. The van der Waals surface area contributed by atoms with Crippen molar-refractivity contribution in [3.05, 3.63) is 76.2 Å². The molecule has 0 spiro atoms. The van der Waals surface area contributed by atoms with E-state index in [0.717, 1.165) is 11.3 Å². The maximum Gasteiger partial charge on any atom is 0.279 e. The Kier molecular flexibility index (Phi) is 6.02. The van der Waals surface area contributed by atoms with Crippen molar-refractivity contribution in [2.75, 3.05) is 12.4 Å². The molecule has 8 nitrogen and oxygen atoms in total. The second-order valence-corrected chi connectivity index (χ2v) is 7.38. The van der Waals surface area contributed by atoms with Gasteiger partial charge in [0, 0.05) is 29.8 Å². The van der Waals surface area contributed by atoms with E-state index in [1.165, 1.54) is 4.52 Å². The van der Waals surface area contributed by atoms with E-state index in [-0.39, 0.29) is 17.9 Å². The summed E-state index contributed by atoms with van der Waals surface area (Å²) in [5.41, 5.74) is 2.54. The van der Waals surface area contributed by atoms with Gasteiger partial charge < -0.3 is 14.6 Å². The maximum atomic E-state index is 13.2. The molecule has 1 N–H and O–H groups in total. The molecule has 164 valence electrons. The average Bonchev–Trinajstić information content (AvgIpc) is 3.26. The number of carbonyl (C=O) groups excluding carboxylic acids is 1. The molecular weight excluding hydrogens is 406 g/mol. The number of benzene rings is 2. The SMILES string of the molecule is CCn1c(C)c(CCC(=O)Nc2ccccc2OC)c(=O)n2nc(-c3ccccc3)nc12. The van der Waals surface area contributed by atoms with E-state index in [4.69, 9.17) is 4.74 Å². The summed E-state index contributed by atoms with van der Waals surface area (Å²) < 4.78 is 8.57. The number of methoxy groups -OCH3 is 1. The van der Waals surface area contributed by atoms with Crippen LogP contribution in [0, 0.1) is 6.92 Å². The van der Waals surface area contributed by atoms with Crippen molar-refractivity contribution < 1.29 is 9.53 Å². The van der Waals surface area contributed by atoms with E-state index in [2.05, 4.69) is 15.4 Å². The van der Waals surface area contributed by atoms with Gasteiger partial charge in [-0.3, -0.25) is 9.59 Å². The molecule has 0 fully saturated rings. The first-order valence-corrected chi connectivity index (χ1v) is 10.5. The average molecular weight is 431 g/mol. The molecule has 8 heteroatoms. The minimum atomic E-state index is -0.248. The van der Waals surface area contributed by atoms with Gasteiger partial charge >= 0.3 is 0 Å². The van der Waals surface area contributed by atoms with Crippen LogP contribution in [0.2, 0.25) is 0 Å². The molecule has 2 heterocycles. The smallest absolute Gasteiger partial charge is 0.279 e. The van der Waals surface area contributed by atoms with Crippen molar-refractivity contribution in [1.29, 1.82) is 0 Å². The summed E-state index contributed by atoms with van der Waals surface area (Å²) in [5, 5.41) is 7.32. The first-order chi connectivity index (χ1) is 15.5. The zero-order valence-corrected chi connectivity index (χ0v) is 18.3. The molecule has 0 saturated heterocycles. The lowest BCUT2D eigenvalue weighted by Gasteiger charge is -2.14. The second-order valence-electron chi connectivity index (χ2n) is 7.38. The quantitative estimate of drug-likeness (QED) is 0.484. The van der Waals surface area contributed by atoms with Gasteiger partial charge in [-0.15, -0.1) is 5.10 Å². The number of ether oxygens (including phenoxy) is 1. The number of aromatic nitrogens is 4. The third-order valence-electron chi connectivity index (χ3n) is 5.45. The number of para-hydroxylation sites is 2. The van der Waals surface area contributed by atoms with Crippen LogP contribution in [0.4, 0.5) is 5.69 Å². The molecule has 0 radical (unpaired) electrons. The Morgan fingerprint density at radius 3 is 2.53 bits per heavy atom. The zero-order chi connectivity index (χ0) is 22.7. The van der Waals surface area contributed by atoms with E-state index >= 15 is 0 Å². The molecule has 32 heavy (non-hydrogen) atoms. The fourth-order valence-corrected chi connectivity index (χ4v) is 3.79. The molecule has 0 bridgehead atoms. The van der Waals surface area contributed by atoms with Gasteiger partial charge in [-0.1, -0.05) is 42.5 Å². The van der Waals surface area contributed by atoms with Crippen molar-refractivity contribution in [2.24, 2.45) is 0 Å². The van der Waals surface area contributed by atoms with E-state index < -0.39 is 0 Å². The molecule has 0 aliphatic rings. The van der Waals surface area contributed by atoms with Crippen molar-refractivity contribution in [3.8, 4) is 17.1 Å². The molecule has 0 aliphatic heterocycles. The summed E-state index contributed by atoms with van der Waals surface area (Å²) in [6.45, 7) is 4.50. The van der Waals surface area contributed by atoms with E-state index in [1.807, 2.05) is 60.9 Å². The van der Waals surface area contributed by atoms with Crippen LogP contribution in [0.3, 0.4) is 0 Å². The predicted molar refractivity (Wildman–Crippen MR) is 123 cm³/mol. The molecule has 4 aromatic rings. The molecule has 0 atom stereocenters. The Labute approximate surface area is 185 Å². The highest BCUT2D eigenvalue weighted by molar-refractivity contribution is 5.92. The van der Waals surface area contributed by atoms with E-state index in [0.29, 0.717) is 41.6 Å². The first kappa shape index (κ1) is 21.3. The molecule has 2 aromatic heterocycles. The fraction of sp³-hybridized carbons (Fsp3) is 0.250. The first-order valence-electron chi connectivity index (χ1n) is 10.5. The van der Waals surface area contributed by atoms with Crippen LogP contribution in [0.5, 0.6) is 5.75 Å². The Balaban J connectivity index is 1.64. The van der Waals surface area contributed by atoms with Crippen LogP contribution in [0.1, 0.15) is 24.6 Å². The molecule has 2 aromatic carbocycles. The number of hydrogen-bond acceptors (Lipinski definition) is 5. The van der Waals surface area contributed by atoms with Gasteiger partial charge in [0.05, 0.1) is 12.8 Å². The molecule has 4 rings (SSSR count). The number of amides is 1. The minimum absolute atomic E-state index is 0.156. The van der Waals surface area contributed by atoms with Gasteiger partial charge in [-0.2, -0.15) is 9.50 Å². The molecule has 1 amide bonds. The number of anilines is 1. The van der Waals surface area contributed by atoms with Crippen LogP contribution >= 0.6 is 0 Å². The number of nitrogens with one attached hydrogen (secondary N) is 1. The van der Waals surface area contributed by atoms with Crippen LogP contribution in [0.15, 0.2) is 59.4 Å². The van der Waals surface area contributed by atoms with Crippen LogP contribution in [0.25, 0.3) is 17.2 Å². The van der Waals surface area contributed by atoms with Crippen molar-refractivity contribution in [1.82, 2.24) is 19.2 Å². The number of aryl methyl sites for hydroxylation is 1. The second kappa shape index (κ2) is 9.05. The zero-order valence-electron chi connectivity index (χ0n) is 18.3. The van der Waals surface area contributed by atoms with Gasteiger partial charge in [0.25, 0.3) is 5.56 Å². The highest BCUT2D eigenvalue weighted by Crippen LogP contribution is 2.23. The van der Waals surface area contributed by atoms with Gasteiger partial charge in [-0.25, -0.2) is 0 Å². The Morgan fingerprint density at radius 1 is 1.09 bits per heavy atom. The van der Waals surface area contributed by atoms with E-state index in [1.54, 1.807) is 19.2 Å². The van der Waals surface area contributed by atoms with Gasteiger partial charge in [0.1, 0.15) is 5.75 Å². The summed E-state index contributed by atoms with van der Waals surface area (Å²) in [6, 6.07) is 16.8. The van der Waals surface area contributed by atoms with Crippen molar-refractivity contribution in [2.45, 2.75) is 33.2 Å². The number of hydrogen-bond donors (Lipinski definition) is 1. The monoisotopic (exact) mass is 431 g/mol. The van der Waals surface area contributed by atoms with Gasteiger partial charge in [0.15, 0.2) is 5.82 Å². The third-order valence-corrected chi connectivity index (χ3v) is 5.45. The summed E-state index contributed by atoms with van der Waals surface area (Å²) in [6.07, 6.45) is 0.450. The summed E-state index contributed by atoms with van der Waals surface area (Å²) in [5.74, 6) is 1.38. The topological polar surface area (TPSA) is 90.5 Å². The standard InChI is InChI=1S/C24H25N5O3/c1-4-28-16(2)18(14-15-21(30)25-19-12-8-9-13-20(19)32-3)23(31)29-24(28)26-22(27-29)17-10-6-5-7-11-17/h5-13H,4,14-15H2,1-3H3,(H,25,30). The Bertz CT molecular complexity index is 1320. The lowest BCUT2D eigenvalue weighted by Crippen LogP contribution is -2.27. The minimum Gasteiger partial charge on any atom is -0.495 e. The Morgan fingerprint density at radius 2 is 1.81 bits per heavy atom. The number of nitrogens with zero attached hydrogens (tertiary/aromatic N) is 4. The van der Waals surface area contributed by atoms with Crippen LogP contribution in [-0.4, -0.2) is 32.2 Å². The summed E-state index contributed by atoms with van der Waals surface area (Å²) >= 11 is 0. The molecule has 0 aliphatic carbocycles. The molecule has 0 saturated carbocycles. The third kappa shape index (κ3) is 3.99. The Hall–Kier alpha value is -3.94. The lowest BCUT2D eigenvalue weighted by molar-refractivity contribution is -0.116. The fourth-order valence-electron chi connectivity index (χ4n) is 3.79. The number of fused-ring (bicyclic) bond motifs is 1. The van der Waals surface area contributed by atoms with Crippen molar-refractivity contribution in [3.63, 3.8) is 0 Å². The van der Waals surface area contributed by atoms with Gasteiger partial charge in [0.2, 0.25) is 11.7 Å². The number of rotatable bonds is 7. The highest BCUT2D eigenvalue weighted by Gasteiger charge is 2.19. The summed E-state index contributed by atoms with van der Waals surface area (Å²) in [4.78, 5) is 30.4.